The van der Waals surface area contributed by atoms with E-state index in [0.717, 1.165) is 0 Å². The summed E-state index contributed by atoms with van der Waals surface area (Å²) in [4.78, 5) is 14.6. The van der Waals surface area contributed by atoms with Crippen molar-refractivity contribution in [1.29, 1.82) is 0 Å². The Kier molecular flexibility index (Phi) is 5.10. The Labute approximate surface area is 163 Å². The van der Waals surface area contributed by atoms with Crippen LogP contribution in [0.2, 0.25) is 0 Å². The Bertz CT molecular complexity index is 927. The fraction of sp³-hybridized carbons (Fsp3) is 0.235. The van der Waals surface area contributed by atoms with Gasteiger partial charge in [0.1, 0.15) is 11.6 Å². The first-order valence-corrected chi connectivity index (χ1v) is 8.92. The molecule has 2 aromatic rings. The van der Waals surface area contributed by atoms with Gasteiger partial charge in [0, 0.05) is 18.8 Å². The molecule has 0 aliphatic carbocycles. The van der Waals surface area contributed by atoms with Gasteiger partial charge in [0.2, 0.25) is 0 Å². The molecule has 1 atom stereocenters. The number of benzene rings is 1. The topological polar surface area (TPSA) is 70.4 Å². The molecular formula is C17H16BrFN4O2S. The standard InChI is InChI=1S/C17H16BrFN4O2S/c1-8-6-13(22-25-8)20-16(24)14-9(2)23(3)17(26)21-15(14)10-4-5-12(19)11(18)7-10/h4-7,15H,1-3H3,(H,21,26)(H,20,22,24)/t15-/m0/s1. The Morgan fingerprint density at radius 3 is 2.77 bits per heavy atom. The minimum absolute atomic E-state index is 0.311. The summed E-state index contributed by atoms with van der Waals surface area (Å²) < 4.78 is 18.9. The molecule has 0 unspecified atom stereocenters. The second kappa shape index (κ2) is 7.16. The van der Waals surface area contributed by atoms with Crippen LogP contribution < -0.4 is 10.6 Å². The molecule has 0 saturated carbocycles. The number of anilines is 1. The minimum Gasteiger partial charge on any atom is -0.360 e. The lowest BCUT2D eigenvalue weighted by Crippen LogP contribution is -2.46. The minimum atomic E-state index is -0.524. The Hall–Kier alpha value is -2.26. The van der Waals surface area contributed by atoms with Crippen molar-refractivity contribution in [1.82, 2.24) is 15.4 Å². The van der Waals surface area contributed by atoms with Gasteiger partial charge in [-0.2, -0.15) is 0 Å². The summed E-state index contributed by atoms with van der Waals surface area (Å²) in [6, 6.07) is 5.69. The molecule has 136 valence electrons. The van der Waals surface area contributed by atoms with Crippen molar-refractivity contribution in [3.8, 4) is 0 Å². The van der Waals surface area contributed by atoms with Gasteiger partial charge >= 0.3 is 0 Å². The van der Waals surface area contributed by atoms with E-state index in [0.29, 0.717) is 38.0 Å². The molecule has 2 heterocycles. The molecule has 1 aromatic carbocycles. The zero-order chi connectivity index (χ0) is 19.0. The molecule has 6 nitrogen and oxygen atoms in total. The zero-order valence-corrected chi connectivity index (χ0v) is 16.7. The molecule has 2 N–H and O–H groups in total. The summed E-state index contributed by atoms with van der Waals surface area (Å²) >= 11 is 8.53. The first-order chi connectivity index (χ1) is 12.3. The van der Waals surface area contributed by atoms with E-state index in [1.165, 1.54) is 6.07 Å². The number of aryl methyl sites for hydroxylation is 1. The van der Waals surface area contributed by atoms with Gasteiger partial charge in [0.25, 0.3) is 5.91 Å². The van der Waals surface area contributed by atoms with Crippen LogP contribution in [0.4, 0.5) is 10.2 Å². The van der Waals surface area contributed by atoms with Gasteiger partial charge in [-0.05, 0) is 59.7 Å². The quantitative estimate of drug-likeness (QED) is 0.712. The first-order valence-electron chi connectivity index (χ1n) is 7.72. The number of hydrogen-bond acceptors (Lipinski definition) is 4. The lowest BCUT2D eigenvalue weighted by atomic mass is 9.94. The van der Waals surface area contributed by atoms with Crippen LogP contribution in [0.1, 0.15) is 24.3 Å². The molecule has 0 radical (unpaired) electrons. The number of amides is 1. The summed E-state index contributed by atoms with van der Waals surface area (Å²) in [5.74, 6) is 0.185. The molecule has 3 rings (SSSR count). The third kappa shape index (κ3) is 3.49. The predicted molar refractivity (Wildman–Crippen MR) is 103 cm³/mol. The zero-order valence-electron chi connectivity index (χ0n) is 14.3. The van der Waals surface area contributed by atoms with Crippen LogP contribution in [0, 0.1) is 12.7 Å². The molecule has 0 spiro atoms. The van der Waals surface area contributed by atoms with Gasteiger partial charge in [-0.15, -0.1) is 0 Å². The van der Waals surface area contributed by atoms with E-state index in [1.54, 1.807) is 37.1 Å². The number of allylic oxidation sites excluding steroid dienone is 1. The Morgan fingerprint density at radius 2 is 2.15 bits per heavy atom. The van der Waals surface area contributed by atoms with Gasteiger partial charge in [0.05, 0.1) is 16.1 Å². The van der Waals surface area contributed by atoms with E-state index >= 15 is 0 Å². The van der Waals surface area contributed by atoms with Crippen LogP contribution in [-0.2, 0) is 4.79 Å². The van der Waals surface area contributed by atoms with Gasteiger partial charge in [0.15, 0.2) is 10.9 Å². The maximum absolute atomic E-state index is 13.6. The third-order valence-corrected chi connectivity index (χ3v) is 5.14. The first kappa shape index (κ1) is 18.5. The van der Waals surface area contributed by atoms with Crippen LogP contribution in [0.15, 0.2) is 44.5 Å². The second-order valence-corrected chi connectivity index (χ2v) is 7.13. The lowest BCUT2D eigenvalue weighted by molar-refractivity contribution is -0.113. The van der Waals surface area contributed by atoms with Gasteiger partial charge in [-0.25, -0.2) is 4.39 Å². The SMILES string of the molecule is CC1=C(C(=O)Nc2cc(C)on2)[C@H](c2ccc(F)c(Br)c2)NC(=S)N1C. The Balaban J connectivity index is 2.02. The molecule has 9 heteroatoms. The van der Waals surface area contributed by atoms with E-state index in [9.17, 15) is 9.18 Å². The number of nitrogens with one attached hydrogen (secondary N) is 2. The van der Waals surface area contributed by atoms with E-state index in [4.69, 9.17) is 16.7 Å². The number of carbonyl (C=O) groups is 1. The average Bonchev–Trinajstić information content (AvgIpc) is 2.99. The van der Waals surface area contributed by atoms with Crippen molar-refractivity contribution in [3.05, 3.63) is 57.1 Å². The third-order valence-electron chi connectivity index (χ3n) is 4.15. The van der Waals surface area contributed by atoms with E-state index < -0.39 is 6.04 Å². The van der Waals surface area contributed by atoms with Crippen molar-refractivity contribution in [3.63, 3.8) is 0 Å². The van der Waals surface area contributed by atoms with Gasteiger partial charge < -0.3 is 20.1 Å². The summed E-state index contributed by atoms with van der Waals surface area (Å²) in [6.45, 7) is 3.54. The fourth-order valence-electron chi connectivity index (χ4n) is 2.68. The number of halogens is 2. The van der Waals surface area contributed by atoms with Crippen LogP contribution >= 0.6 is 28.1 Å². The molecule has 0 bridgehead atoms. The number of carbonyl (C=O) groups excluding carboxylic acids is 1. The van der Waals surface area contributed by atoms with Crippen molar-refractivity contribution in [2.24, 2.45) is 0 Å². The maximum atomic E-state index is 13.6. The number of hydrogen-bond donors (Lipinski definition) is 2. The summed E-state index contributed by atoms with van der Waals surface area (Å²) in [5.41, 5.74) is 1.85. The predicted octanol–water partition coefficient (Wildman–Crippen LogP) is 3.66. The second-order valence-electron chi connectivity index (χ2n) is 5.89. The number of rotatable bonds is 3. The van der Waals surface area contributed by atoms with Gasteiger partial charge in [-0.3, -0.25) is 4.79 Å². The van der Waals surface area contributed by atoms with E-state index in [-0.39, 0.29) is 11.7 Å². The smallest absolute Gasteiger partial charge is 0.257 e. The number of nitrogens with zero attached hydrogens (tertiary/aromatic N) is 2. The molecular weight excluding hydrogens is 423 g/mol. The highest BCUT2D eigenvalue weighted by atomic mass is 79.9. The number of thiocarbonyl (C=S) groups is 1. The normalized spacial score (nSPS) is 17.3. The highest BCUT2D eigenvalue weighted by Crippen LogP contribution is 2.32. The maximum Gasteiger partial charge on any atom is 0.257 e. The molecule has 26 heavy (non-hydrogen) atoms. The Morgan fingerprint density at radius 1 is 1.42 bits per heavy atom. The van der Waals surface area contributed by atoms with Crippen LogP contribution in [0.5, 0.6) is 0 Å². The molecule has 1 aliphatic rings. The number of aromatic nitrogens is 1. The van der Waals surface area contributed by atoms with Crippen LogP contribution in [-0.4, -0.2) is 28.1 Å². The van der Waals surface area contributed by atoms with Crippen LogP contribution in [0.25, 0.3) is 0 Å². The van der Waals surface area contributed by atoms with E-state index in [1.807, 2.05) is 6.92 Å². The average molecular weight is 439 g/mol. The fourth-order valence-corrected chi connectivity index (χ4v) is 3.33. The van der Waals surface area contributed by atoms with Crippen molar-refractivity contribution >= 4 is 45.0 Å². The molecule has 1 aromatic heterocycles. The van der Waals surface area contributed by atoms with Crippen molar-refractivity contribution in [2.45, 2.75) is 19.9 Å². The molecule has 1 aliphatic heterocycles. The highest BCUT2D eigenvalue weighted by molar-refractivity contribution is 9.10. The molecule has 1 amide bonds. The van der Waals surface area contributed by atoms with E-state index in [2.05, 4.69) is 31.7 Å². The largest absolute Gasteiger partial charge is 0.360 e. The summed E-state index contributed by atoms with van der Waals surface area (Å²) in [5, 5.41) is 10.1. The molecule has 0 saturated heterocycles. The van der Waals surface area contributed by atoms with Crippen molar-refractivity contribution < 1.29 is 13.7 Å². The summed E-state index contributed by atoms with van der Waals surface area (Å²) in [6.07, 6.45) is 0. The highest BCUT2D eigenvalue weighted by Gasteiger charge is 2.33. The molecule has 0 fully saturated rings. The van der Waals surface area contributed by atoms with Gasteiger partial charge in [-0.1, -0.05) is 11.2 Å². The van der Waals surface area contributed by atoms with Crippen LogP contribution in [0.3, 0.4) is 0 Å². The summed E-state index contributed by atoms with van der Waals surface area (Å²) in [7, 11) is 1.77. The monoisotopic (exact) mass is 438 g/mol. The van der Waals surface area contributed by atoms with Crippen molar-refractivity contribution in [2.75, 3.05) is 12.4 Å². The lowest BCUT2D eigenvalue weighted by Gasteiger charge is -2.35.